The van der Waals surface area contributed by atoms with Crippen molar-refractivity contribution in [3.63, 3.8) is 0 Å². The maximum Gasteiger partial charge on any atom is 0.304 e. The third-order valence-electron chi connectivity index (χ3n) is 5.11. The van der Waals surface area contributed by atoms with Crippen molar-refractivity contribution in [1.82, 2.24) is 0 Å². The Hall–Kier alpha value is -2.93. The van der Waals surface area contributed by atoms with Crippen molar-refractivity contribution < 1.29 is 19.4 Å². The Kier molecular flexibility index (Phi) is 6.26. The number of rotatable bonds is 9. The molecule has 2 aromatic carbocycles. The highest BCUT2D eigenvalue weighted by molar-refractivity contribution is 5.69. The lowest BCUT2D eigenvalue weighted by molar-refractivity contribution is -0.137. The van der Waals surface area contributed by atoms with Gasteiger partial charge in [-0.15, -0.1) is 5.92 Å². The third kappa shape index (κ3) is 5.29. The number of hydrogen-bond donors (Lipinski definition) is 1. The minimum atomic E-state index is -0.850. The Morgan fingerprint density at radius 2 is 1.79 bits per heavy atom. The van der Waals surface area contributed by atoms with Crippen LogP contribution in [-0.4, -0.2) is 24.3 Å². The molecule has 0 spiro atoms. The summed E-state index contributed by atoms with van der Waals surface area (Å²) in [7, 11) is 0. The molecular formula is C24H26O4. The summed E-state index contributed by atoms with van der Waals surface area (Å²) in [4.78, 5) is 11.0. The van der Waals surface area contributed by atoms with Crippen molar-refractivity contribution >= 4 is 5.97 Å². The number of benzene rings is 2. The molecule has 28 heavy (non-hydrogen) atoms. The van der Waals surface area contributed by atoms with Gasteiger partial charge in [-0.2, -0.15) is 0 Å². The maximum atomic E-state index is 11.0. The number of carboxylic acid groups (broad SMARTS) is 1. The molecule has 3 rings (SSSR count). The number of ether oxygens (including phenoxy) is 2. The molecule has 1 aliphatic rings. The highest BCUT2D eigenvalue weighted by Crippen LogP contribution is 2.46. The zero-order chi connectivity index (χ0) is 20.0. The average Bonchev–Trinajstić information content (AvgIpc) is 3.46. The van der Waals surface area contributed by atoms with Gasteiger partial charge >= 0.3 is 5.97 Å². The van der Waals surface area contributed by atoms with Gasteiger partial charge in [-0.3, -0.25) is 4.79 Å². The van der Waals surface area contributed by atoms with Crippen LogP contribution in [0.4, 0.5) is 0 Å². The zero-order valence-corrected chi connectivity index (χ0v) is 16.4. The molecule has 2 aromatic rings. The molecule has 1 atom stereocenters. The second-order valence-electron chi connectivity index (χ2n) is 7.46. The Bertz CT molecular complexity index is 869. The van der Waals surface area contributed by atoms with E-state index in [1.54, 1.807) is 6.92 Å². The van der Waals surface area contributed by atoms with Gasteiger partial charge < -0.3 is 14.6 Å². The Morgan fingerprint density at radius 1 is 1.11 bits per heavy atom. The van der Waals surface area contributed by atoms with Crippen molar-refractivity contribution in [3.05, 3.63) is 59.7 Å². The summed E-state index contributed by atoms with van der Waals surface area (Å²) in [5.41, 5.74) is 2.12. The summed E-state index contributed by atoms with van der Waals surface area (Å²) < 4.78 is 12.0. The quantitative estimate of drug-likeness (QED) is 0.636. The zero-order valence-electron chi connectivity index (χ0n) is 16.4. The van der Waals surface area contributed by atoms with E-state index in [0.717, 1.165) is 35.5 Å². The summed E-state index contributed by atoms with van der Waals surface area (Å²) in [6.07, 6.45) is 2.20. The van der Waals surface area contributed by atoms with E-state index in [0.29, 0.717) is 13.2 Å². The van der Waals surface area contributed by atoms with Crippen LogP contribution in [0.1, 0.15) is 43.2 Å². The molecule has 1 saturated carbocycles. The second kappa shape index (κ2) is 8.84. The number of aryl methyl sites for hydroxylation is 1. The van der Waals surface area contributed by atoms with E-state index in [4.69, 9.17) is 14.6 Å². The van der Waals surface area contributed by atoms with Crippen molar-refractivity contribution in [1.29, 1.82) is 0 Å². The highest BCUT2D eigenvalue weighted by Gasteiger charge is 2.44. The summed E-state index contributed by atoms with van der Waals surface area (Å²) in [5, 5.41) is 9.05. The lowest BCUT2D eigenvalue weighted by atomic mass is 9.96. The standard InChI is InChI=1S/C24H26O4/c1-3-6-20(15-23(25)26)19-9-11-21(12-10-19)27-16-24(13-14-24)17-28-22-8-5-4-7-18(22)2/h4-5,7-12,20H,13-17H2,1-2H3,(H,25,26). The van der Waals surface area contributed by atoms with Gasteiger partial charge in [0.1, 0.15) is 11.5 Å². The lowest BCUT2D eigenvalue weighted by Gasteiger charge is -2.18. The minimum absolute atomic E-state index is 0.000393. The molecule has 0 heterocycles. The average molecular weight is 378 g/mol. The number of carbonyl (C=O) groups is 1. The molecule has 0 bridgehead atoms. The van der Waals surface area contributed by atoms with Gasteiger partial charge in [0, 0.05) is 5.41 Å². The predicted molar refractivity (Wildman–Crippen MR) is 109 cm³/mol. The van der Waals surface area contributed by atoms with Crippen molar-refractivity contribution in [2.24, 2.45) is 5.41 Å². The molecule has 0 saturated heterocycles. The van der Waals surface area contributed by atoms with E-state index in [9.17, 15) is 4.79 Å². The molecule has 0 radical (unpaired) electrons. The first-order chi connectivity index (χ1) is 13.5. The Morgan fingerprint density at radius 3 is 2.39 bits per heavy atom. The monoisotopic (exact) mass is 378 g/mol. The van der Waals surface area contributed by atoms with Crippen LogP contribution in [0.2, 0.25) is 0 Å². The summed E-state index contributed by atoms with van der Waals surface area (Å²) in [6.45, 7) is 5.04. The number of aliphatic carboxylic acids is 1. The van der Waals surface area contributed by atoms with E-state index < -0.39 is 5.97 Å². The summed E-state index contributed by atoms with van der Waals surface area (Å²) in [6, 6.07) is 15.6. The fraction of sp³-hybridized carbons (Fsp3) is 0.375. The van der Waals surface area contributed by atoms with Gasteiger partial charge in [0.2, 0.25) is 0 Å². The van der Waals surface area contributed by atoms with Crippen LogP contribution < -0.4 is 9.47 Å². The van der Waals surface area contributed by atoms with Crippen molar-refractivity contribution in [2.45, 2.75) is 39.0 Å². The van der Waals surface area contributed by atoms with Gasteiger partial charge in [-0.1, -0.05) is 36.3 Å². The van der Waals surface area contributed by atoms with E-state index in [2.05, 4.69) is 11.8 Å². The predicted octanol–water partition coefficient (Wildman–Crippen LogP) is 4.81. The molecule has 1 aliphatic carbocycles. The SMILES string of the molecule is CC#CC(CC(=O)O)c1ccc(OCC2(COc3ccccc3C)CC2)cc1. The third-order valence-corrected chi connectivity index (χ3v) is 5.11. The number of para-hydroxylation sites is 1. The highest BCUT2D eigenvalue weighted by atomic mass is 16.5. The van der Waals surface area contributed by atoms with E-state index in [1.807, 2.05) is 55.5 Å². The van der Waals surface area contributed by atoms with Crippen LogP contribution in [0.5, 0.6) is 11.5 Å². The van der Waals surface area contributed by atoms with Gasteiger partial charge in [-0.05, 0) is 56.0 Å². The van der Waals surface area contributed by atoms with Crippen LogP contribution in [-0.2, 0) is 4.79 Å². The topological polar surface area (TPSA) is 55.8 Å². The molecular weight excluding hydrogens is 352 g/mol. The molecule has 1 N–H and O–H groups in total. The molecule has 4 heteroatoms. The van der Waals surface area contributed by atoms with Crippen LogP contribution in [0.25, 0.3) is 0 Å². The van der Waals surface area contributed by atoms with Crippen LogP contribution in [0.15, 0.2) is 48.5 Å². The largest absolute Gasteiger partial charge is 0.493 e. The Balaban J connectivity index is 1.55. The molecule has 146 valence electrons. The number of hydrogen-bond acceptors (Lipinski definition) is 3. The van der Waals surface area contributed by atoms with Gasteiger partial charge in [-0.25, -0.2) is 0 Å². The molecule has 1 unspecified atom stereocenters. The minimum Gasteiger partial charge on any atom is -0.493 e. The fourth-order valence-electron chi connectivity index (χ4n) is 3.09. The van der Waals surface area contributed by atoms with E-state index in [-0.39, 0.29) is 17.8 Å². The van der Waals surface area contributed by atoms with Crippen molar-refractivity contribution in [3.8, 4) is 23.3 Å². The van der Waals surface area contributed by atoms with Crippen LogP contribution in [0, 0.1) is 24.2 Å². The summed E-state index contributed by atoms with van der Waals surface area (Å²) >= 11 is 0. The summed E-state index contributed by atoms with van der Waals surface area (Å²) in [5.74, 6) is 6.34. The van der Waals surface area contributed by atoms with E-state index >= 15 is 0 Å². The first-order valence-electron chi connectivity index (χ1n) is 9.57. The fourth-order valence-corrected chi connectivity index (χ4v) is 3.09. The van der Waals surface area contributed by atoms with Crippen LogP contribution >= 0.6 is 0 Å². The molecule has 1 fully saturated rings. The second-order valence-corrected chi connectivity index (χ2v) is 7.46. The first kappa shape index (κ1) is 19.8. The molecule has 0 aromatic heterocycles. The van der Waals surface area contributed by atoms with Crippen molar-refractivity contribution in [2.75, 3.05) is 13.2 Å². The smallest absolute Gasteiger partial charge is 0.304 e. The Labute approximate surface area is 166 Å². The van der Waals surface area contributed by atoms with Gasteiger partial charge in [0.15, 0.2) is 0 Å². The van der Waals surface area contributed by atoms with Gasteiger partial charge in [0.25, 0.3) is 0 Å². The lowest BCUT2D eigenvalue weighted by Crippen LogP contribution is -2.21. The first-order valence-corrected chi connectivity index (χ1v) is 9.57. The molecule has 0 aliphatic heterocycles. The van der Waals surface area contributed by atoms with E-state index in [1.165, 1.54) is 0 Å². The number of carboxylic acids is 1. The molecule has 4 nitrogen and oxygen atoms in total. The van der Waals surface area contributed by atoms with Crippen LogP contribution in [0.3, 0.4) is 0 Å². The molecule has 0 amide bonds. The maximum absolute atomic E-state index is 11.0. The van der Waals surface area contributed by atoms with Gasteiger partial charge in [0.05, 0.1) is 25.6 Å². The normalized spacial score (nSPS) is 15.1.